The van der Waals surface area contributed by atoms with Gasteiger partial charge in [0.15, 0.2) is 5.78 Å². The molecule has 2 saturated heterocycles. The molecule has 0 saturated carbocycles. The van der Waals surface area contributed by atoms with Crippen molar-refractivity contribution in [3.05, 3.63) is 36.0 Å². The second-order valence-electron chi connectivity index (χ2n) is 12.7. The minimum atomic E-state index is -0.803. The van der Waals surface area contributed by atoms with E-state index in [1.165, 1.54) is 0 Å². The van der Waals surface area contributed by atoms with Crippen LogP contribution in [0.1, 0.15) is 97.1 Å². The summed E-state index contributed by atoms with van der Waals surface area (Å²) in [6, 6.07) is 7.43. The van der Waals surface area contributed by atoms with Crippen molar-refractivity contribution in [3.8, 4) is 0 Å². The number of ketones is 2. The van der Waals surface area contributed by atoms with E-state index in [4.69, 9.17) is 4.84 Å². The summed E-state index contributed by atoms with van der Waals surface area (Å²) in [5.74, 6) is -1.85. The Bertz CT molecular complexity index is 1370. The number of fused-ring (bicyclic) bond motifs is 2. The zero-order valence-corrected chi connectivity index (χ0v) is 27.3. The van der Waals surface area contributed by atoms with Crippen molar-refractivity contribution in [2.24, 2.45) is 11.8 Å². The van der Waals surface area contributed by atoms with Gasteiger partial charge in [0.2, 0.25) is 17.7 Å². The van der Waals surface area contributed by atoms with Gasteiger partial charge in [-0.05, 0) is 50.2 Å². The number of piperidine rings is 1. The molecule has 3 heterocycles. The molecule has 1 aromatic heterocycles. The molecule has 0 aliphatic carbocycles. The number of carbonyl (C=O) groups is 5. The van der Waals surface area contributed by atoms with Gasteiger partial charge in [0.25, 0.3) is 0 Å². The molecule has 4 rings (SSSR count). The van der Waals surface area contributed by atoms with E-state index in [1.807, 2.05) is 51.1 Å². The number of nitrogens with one attached hydrogen (secondary N) is 2. The molecular weight excluding hydrogens is 572 g/mol. The minimum absolute atomic E-state index is 0.0911. The van der Waals surface area contributed by atoms with E-state index in [-0.39, 0.29) is 48.0 Å². The van der Waals surface area contributed by atoms with Crippen molar-refractivity contribution in [1.82, 2.24) is 20.3 Å². The highest BCUT2D eigenvalue weighted by Crippen LogP contribution is 2.26. The lowest BCUT2D eigenvalue weighted by molar-refractivity contribution is -0.148. The minimum Gasteiger partial charge on any atom is -0.417 e. The number of unbranched alkanes of at least 4 members (excludes halogenated alkanes) is 2. The molecule has 5 atom stereocenters. The van der Waals surface area contributed by atoms with Crippen molar-refractivity contribution in [3.63, 3.8) is 0 Å². The summed E-state index contributed by atoms with van der Waals surface area (Å²) in [7, 11) is 1.56. The molecule has 1 aromatic carbocycles. The standard InChI is InChI=1S/C35H50N4O6/c1-5-23(3)32-35(44)38-19-13-12-18-30(38)34(43)36-28(16-9-7-8-15-27(40)6-2)31(41)22-25(33(42)37-32)21-26-20-24-14-10-11-17-29(24)39(26)45-4/h10-11,14,17,20,23,25,28,30,32H,5-9,12-13,15-16,18-19,21-22H2,1-4H3,(H,36,43)(H,37,42)/t23-,25+,28-,30+,32-/m0/s1. The summed E-state index contributed by atoms with van der Waals surface area (Å²) < 4.78 is 1.68. The van der Waals surface area contributed by atoms with Gasteiger partial charge in [-0.3, -0.25) is 24.0 Å². The smallest absolute Gasteiger partial charge is 0.246 e. The Morgan fingerprint density at radius 2 is 1.80 bits per heavy atom. The Labute approximate surface area is 266 Å². The Morgan fingerprint density at radius 1 is 1.02 bits per heavy atom. The maximum absolute atomic E-state index is 14.1. The van der Waals surface area contributed by atoms with Crippen LogP contribution in [0.15, 0.2) is 30.3 Å². The zero-order chi connectivity index (χ0) is 32.5. The lowest BCUT2D eigenvalue weighted by Crippen LogP contribution is -2.61. The van der Waals surface area contributed by atoms with Crippen LogP contribution in [-0.2, 0) is 30.4 Å². The molecule has 0 unspecified atom stereocenters. The largest absolute Gasteiger partial charge is 0.417 e. The van der Waals surface area contributed by atoms with E-state index >= 15 is 0 Å². The Kier molecular flexibility index (Phi) is 12.2. The van der Waals surface area contributed by atoms with Crippen LogP contribution in [0, 0.1) is 11.8 Å². The predicted octanol–water partition coefficient (Wildman–Crippen LogP) is 4.16. The van der Waals surface area contributed by atoms with Crippen molar-refractivity contribution < 1.29 is 28.8 Å². The summed E-state index contributed by atoms with van der Waals surface area (Å²) in [5.41, 5.74) is 1.59. The van der Waals surface area contributed by atoms with Gasteiger partial charge < -0.3 is 20.4 Å². The first-order valence-corrected chi connectivity index (χ1v) is 16.8. The first kappa shape index (κ1) is 34.2. The number of aromatic nitrogens is 1. The number of amides is 3. The molecule has 2 aliphatic heterocycles. The molecule has 2 aromatic rings. The van der Waals surface area contributed by atoms with Gasteiger partial charge in [0.1, 0.15) is 25.0 Å². The van der Waals surface area contributed by atoms with Crippen molar-refractivity contribution in [1.29, 1.82) is 0 Å². The normalized spacial score (nSPS) is 23.9. The van der Waals surface area contributed by atoms with Gasteiger partial charge in [-0.2, -0.15) is 4.73 Å². The third kappa shape index (κ3) is 8.32. The summed E-state index contributed by atoms with van der Waals surface area (Å²) in [6.07, 6.45) is 6.47. The highest BCUT2D eigenvalue weighted by atomic mass is 16.6. The average Bonchev–Trinajstić information content (AvgIpc) is 3.41. The second kappa shape index (κ2) is 16.0. The van der Waals surface area contributed by atoms with Gasteiger partial charge in [-0.25, -0.2) is 0 Å². The third-order valence-electron chi connectivity index (χ3n) is 9.61. The lowest BCUT2D eigenvalue weighted by atomic mass is 9.88. The van der Waals surface area contributed by atoms with Gasteiger partial charge in [0, 0.05) is 37.6 Å². The molecule has 0 radical (unpaired) electrons. The monoisotopic (exact) mass is 622 g/mol. The van der Waals surface area contributed by atoms with Gasteiger partial charge in [-0.15, -0.1) is 0 Å². The first-order chi connectivity index (χ1) is 21.7. The number of Topliss-reactive ketones (excluding diaryl/α,β-unsaturated/α-hetero) is 2. The number of hydrogen-bond donors (Lipinski definition) is 2. The second-order valence-corrected chi connectivity index (χ2v) is 12.7. The van der Waals surface area contributed by atoms with Crippen LogP contribution in [0.5, 0.6) is 0 Å². The van der Waals surface area contributed by atoms with Crippen molar-refractivity contribution in [2.45, 2.75) is 116 Å². The number of benzene rings is 1. The van der Waals surface area contributed by atoms with E-state index in [1.54, 1.807) is 16.7 Å². The molecule has 0 spiro atoms. The number of rotatable bonds is 12. The fraction of sp³-hybridized carbons (Fsp3) is 0.629. The summed E-state index contributed by atoms with van der Waals surface area (Å²) in [5, 5.41) is 6.99. The molecule has 246 valence electrons. The van der Waals surface area contributed by atoms with E-state index in [9.17, 15) is 24.0 Å². The fourth-order valence-electron chi connectivity index (χ4n) is 6.65. The van der Waals surface area contributed by atoms with E-state index in [2.05, 4.69) is 10.6 Å². The van der Waals surface area contributed by atoms with Crippen molar-refractivity contribution >= 4 is 40.2 Å². The molecular formula is C35H50N4O6. The Hall–Kier alpha value is -3.69. The summed E-state index contributed by atoms with van der Waals surface area (Å²) in [6.45, 7) is 6.19. The molecule has 10 nitrogen and oxygen atoms in total. The molecule has 2 aliphatic rings. The number of hydrogen-bond acceptors (Lipinski definition) is 6. The van der Waals surface area contributed by atoms with Crippen LogP contribution < -0.4 is 15.5 Å². The van der Waals surface area contributed by atoms with Crippen LogP contribution in [0.2, 0.25) is 0 Å². The lowest BCUT2D eigenvalue weighted by Gasteiger charge is -2.39. The quantitative estimate of drug-likeness (QED) is 0.343. The summed E-state index contributed by atoms with van der Waals surface area (Å²) in [4.78, 5) is 74.9. The SMILES string of the molecule is CCC(=O)CCCCC[C@@H]1NC(=O)[C@H]2CCCCN2C(=O)[C@H]([C@@H](C)CC)NC(=O)[C@H](Cc2cc3ccccc3n2OC)CC1=O. The van der Waals surface area contributed by atoms with Crippen LogP contribution in [0.25, 0.3) is 10.9 Å². The number of carbonyl (C=O) groups excluding carboxylic acids is 5. The first-order valence-electron chi connectivity index (χ1n) is 16.8. The predicted molar refractivity (Wildman–Crippen MR) is 172 cm³/mol. The van der Waals surface area contributed by atoms with Gasteiger partial charge in [0.05, 0.1) is 23.2 Å². The highest BCUT2D eigenvalue weighted by molar-refractivity contribution is 5.98. The molecule has 2 fully saturated rings. The van der Waals surface area contributed by atoms with Crippen LogP contribution in [-0.4, -0.2) is 70.7 Å². The Balaban J connectivity index is 1.66. The maximum Gasteiger partial charge on any atom is 0.246 e. The molecule has 2 N–H and O–H groups in total. The van der Waals surface area contributed by atoms with Crippen LogP contribution >= 0.6 is 0 Å². The van der Waals surface area contributed by atoms with Crippen LogP contribution in [0.4, 0.5) is 0 Å². The van der Waals surface area contributed by atoms with Gasteiger partial charge >= 0.3 is 0 Å². The van der Waals surface area contributed by atoms with Crippen LogP contribution in [0.3, 0.4) is 0 Å². The fourth-order valence-corrected chi connectivity index (χ4v) is 6.65. The maximum atomic E-state index is 14.1. The highest BCUT2D eigenvalue weighted by Gasteiger charge is 2.41. The molecule has 0 bridgehead atoms. The van der Waals surface area contributed by atoms with Gasteiger partial charge in [-0.1, -0.05) is 58.2 Å². The summed E-state index contributed by atoms with van der Waals surface area (Å²) >= 11 is 0. The average molecular weight is 623 g/mol. The number of para-hydroxylation sites is 1. The number of nitrogens with zero attached hydrogens (tertiary/aromatic N) is 2. The Morgan fingerprint density at radius 3 is 2.53 bits per heavy atom. The topological polar surface area (TPSA) is 127 Å². The zero-order valence-electron chi connectivity index (χ0n) is 27.3. The molecule has 3 amide bonds. The van der Waals surface area contributed by atoms with E-state index in [0.29, 0.717) is 45.1 Å². The third-order valence-corrected chi connectivity index (χ3v) is 9.61. The van der Waals surface area contributed by atoms with E-state index in [0.717, 1.165) is 42.3 Å². The van der Waals surface area contributed by atoms with E-state index < -0.39 is 24.0 Å². The molecule has 45 heavy (non-hydrogen) atoms. The van der Waals surface area contributed by atoms with Crippen molar-refractivity contribution in [2.75, 3.05) is 13.7 Å². The molecule has 10 heteroatoms.